The van der Waals surface area contributed by atoms with Gasteiger partial charge in [0.15, 0.2) is 0 Å². The molecule has 3 heteroatoms. The molecule has 2 aromatic carbocycles. The second kappa shape index (κ2) is 8.25. The smallest absolute Gasteiger partial charge is 0.0834 e. The fraction of sp³-hybridized carbons (Fsp3) is 0.400. The molecule has 1 saturated heterocycles. The number of hydrogen-bond donors (Lipinski definition) is 0. The van der Waals surface area contributed by atoms with Gasteiger partial charge in [-0.2, -0.15) is 0 Å². The fourth-order valence-electron chi connectivity index (χ4n) is 3.42. The van der Waals surface area contributed by atoms with Gasteiger partial charge in [-0.3, -0.25) is 4.90 Å². The van der Waals surface area contributed by atoms with Crippen LogP contribution in [0.4, 0.5) is 0 Å². The van der Waals surface area contributed by atoms with Crippen molar-refractivity contribution in [3.05, 3.63) is 71.8 Å². The van der Waals surface area contributed by atoms with Crippen molar-refractivity contribution in [3.63, 3.8) is 0 Å². The lowest BCUT2D eigenvalue weighted by molar-refractivity contribution is 0.0973. The van der Waals surface area contributed by atoms with E-state index in [1.807, 2.05) is 0 Å². The molecule has 2 aromatic rings. The highest BCUT2D eigenvalue weighted by atomic mass is 16.3. The first-order valence-corrected chi connectivity index (χ1v) is 8.53. The van der Waals surface area contributed by atoms with Gasteiger partial charge in [0.05, 0.1) is 12.6 Å². The maximum Gasteiger partial charge on any atom is 0.0834 e. The van der Waals surface area contributed by atoms with Gasteiger partial charge in [-0.05, 0) is 17.5 Å². The predicted molar refractivity (Wildman–Crippen MR) is 92.9 cm³/mol. The van der Waals surface area contributed by atoms with Crippen LogP contribution in [0.3, 0.4) is 0 Å². The van der Waals surface area contributed by atoms with E-state index in [1.165, 1.54) is 11.1 Å². The summed E-state index contributed by atoms with van der Waals surface area (Å²) in [4.78, 5) is 4.99. The zero-order valence-corrected chi connectivity index (χ0v) is 13.6. The van der Waals surface area contributed by atoms with Crippen LogP contribution in [0.15, 0.2) is 60.7 Å². The maximum absolute atomic E-state index is 10.7. The van der Waals surface area contributed by atoms with Crippen molar-refractivity contribution in [1.82, 2.24) is 9.80 Å². The van der Waals surface area contributed by atoms with Crippen LogP contribution in [0.2, 0.25) is 0 Å². The van der Waals surface area contributed by atoms with Crippen LogP contribution in [-0.4, -0.2) is 49.1 Å². The van der Waals surface area contributed by atoms with E-state index in [0.29, 0.717) is 6.04 Å². The molecule has 3 nitrogen and oxygen atoms in total. The lowest BCUT2D eigenvalue weighted by atomic mass is 9.96. The highest BCUT2D eigenvalue weighted by Gasteiger charge is 2.25. The Morgan fingerprint density at radius 2 is 1.30 bits per heavy atom. The zero-order chi connectivity index (χ0) is 15.9. The van der Waals surface area contributed by atoms with E-state index in [-0.39, 0.29) is 6.61 Å². The highest BCUT2D eigenvalue weighted by Crippen LogP contribution is 2.29. The van der Waals surface area contributed by atoms with Gasteiger partial charge < -0.3 is 4.90 Å². The van der Waals surface area contributed by atoms with Gasteiger partial charge in [0.25, 0.3) is 0 Å². The summed E-state index contributed by atoms with van der Waals surface area (Å²) in [5, 5.41) is 10.7. The summed E-state index contributed by atoms with van der Waals surface area (Å²) >= 11 is 0. The second-order valence-electron chi connectivity index (χ2n) is 6.16. The van der Waals surface area contributed by atoms with E-state index < -0.39 is 0 Å². The topological polar surface area (TPSA) is 26.4 Å². The molecule has 0 saturated carbocycles. The Kier molecular flexibility index (Phi) is 5.81. The molecule has 0 amide bonds. The van der Waals surface area contributed by atoms with Gasteiger partial charge >= 0.3 is 0 Å². The second-order valence-corrected chi connectivity index (χ2v) is 6.16. The standard InChI is InChI=1S/C20H25N2O/c23-17-7-12-21-13-15-22(16-14-21)20(18-8-3-1-4-9-18)19-10-5-2-6-11-19/h1-6,8-11,20H,7,12-17H2. The van der Waals surface area contributed by atoms with Crippen LogP contribution in [0.1, 0.15) is 23.6 Å². The fourth-order valence-corrected chi connectivity index (χ4v) is 3.42. The average molecular weight is 309 g/mol. The third-order valence-corrected chi connectivity index (χ3v) is 4.62. The van der Waals surface area contributed by atoms with E-state index >= 15 is 0 Å². The van der Waals surface area contributed by atoms with E-state index in [0.717, 1.165) is 39.1 Å². The normalized spacial score (nSPS) is 16.8. The first kappa shape index (κ1) is 16.2. The Labute approximate surface area is 139 Å². The van der Waals surface area contributed by atoms with E-state index in [2.05, 4.69) is 70.5 Å². The van der Waals surface area contributed by atoms with Gasteiger partial charge in [0.2, 0.25) is 0 Å². The third-order valence-electron chi connectivity index (χ3n) is 4.62. The van der Waals surface area contributed by atoms with Crippen molar-refractivity contribution in [2.45, 2.75) is 12.5 Å². The lowest BCUT2D eigenvalue weighted by Crippen LogP contribution is -2.48. The van der Waals surface area contributed by atoms with Crippen molar-refractivity contribution in [1.29, 1.82) is 0 Å². The molecule has 0 atom stereocenters. The van der Waals surface area contributed by atoms with Gasteiger partial charge in [0.1, 0.15) is 0 Å². The van der Waals surface area contributed by atoms with Crippen LogP contribution < -0.4 is 0 Å². The maximum atomic E-state index is 10.7. The number of rotatable bonds is 6. The predicted octanol–water partition coefficient (Wildman–Crippen LogP) is 3.21. The molecule has 23 heavy (non-hydrogen) atoms. The van der Waals surface area contributed by atoms with Gasteiger partial charge in [0, 0.05) is 32.7 Å². The first-order valence-electron chi connectivity index (χ1n) is 8.53. The summed E-state index contributed by atoms with van der Waals surface area (Å²) in [6, 6.07) is 21.8. The molecule has 1 aliphatic heterocycles. The summed E-state index contributed by atoms with van der Waals surface area (Å²) in [6.07, 6.45) is 0.765. The largest absolute Gasteiger partial charge is 0.301 e. The SMILES string of the molecule is [O]CCCN1CCN(C(c2ccccc2)c2ccccc2)CC1. The minimum absolute atomic E-state index is 0.0386. The monoisotopic (exact) mass is 309 g/mol. The quantitative estimate of drug-likeness (QED) is 0.819. The summed E-state index contributed by atoms with van der Waals surface area (Å²) in [7, 11) is 0. The minimum atomic E-state index is 0.0386. The van der Waals surface area contributed by atoms with Crippen molar-refractivity contribution in [2.75, 3.05) is 39.3 Å². The van der Waals surface area contributed by atoms with Crippen LogP contribution >= 0.6 is 0 Å². The summed E-state index contributed by atoms with van der Waals surface area (Å²) < 4.78 is 0. The lowest BCUT2D eigenvalue weighted by Gasteiger charge is -2.39. The van der Waals surface area contributed by atoms with Gasteiger partial charge in [-0.25, -0.2) is 5.11 Å². The molecule has 0 unspecified atom stereocenters. The molecule has 0 aliphatic carbocycles. The first-order chi connectivity index (χ1) is 11.4. The molecule has 1 radical (unpaired) electrons. The average Bonchev–Trinajstić information content (AvgIpc) is 2.63. The van der Waals surface area contributed by atoms with Gasteiger partial charge in [-0.15, -0.1) is 0 Å². The molecular weight excluding hydrogens is 284 g/mol. The Balaban J connectivity index is 1.75. The number of hydrogen-bond acceptors (Lipinski definition) is 2. The molecule has 0 N–H and O–H groups in total. The minimum Gasteiger partial charge on any atom is -0.301 e. The molecule has 0 bridgehead atoms. The van der Waals surface area contributed by atoms with Crippen LogP contribution in [0.25, 0.3) is 0 Å². The Morgan fingerprint density at radius 1 is 0.783 bits per heavy atom. The van der Waals surface area contributed by atoms with Crippen molar-refractivity contribution >= 4 is 0 Å². The summed E-state index contributed by atoms with van der Waals surface area (Å²) in [5.41, 5.74) is 2.71. The van der Waals surface area contributed by atoms with Crippen molar-refractivity contribution in [2.24, 2.45) is 0 Å². The molecule has 1 aliphatic rings. The Hall–Kier alpha value is -1.68. The molecule has 0 aromatic heterocycles. The van der Waals surface area contributed by atoms with Crippen molar-refractivity contribution < 1.29 is 5.11 Å². The van der Waals surface area contributed by atoms with Crippen LogP contribution in [0.5, 0.6) is 0 Å². The number of nitrogens with zero attached hydrogens (tertiary/aromatic N) is 2. The molecule has 121 valence electrons. The van der Waals surface area contributed by atoms with E-state index in [9.17, 15) is 5.11 Å². The highest BCUT2D eigenvalue weighted by molar-refractivity contribution is 5.31. The van der Waals surface area contributed by atoms with E-state index in [4.69, 9.17) is 0 Å². The Morgan fingerprint density at radius 3 is 1.78 bits per heavy atom. The van der Waals surface area contributed by atoms with Crippen LogP contribution in [-0.2, 0) is 5.11 Å². The molecular formula is C20H25N2O. The molecule has 1 heterocycles. The number of benzene rings is 2. The number of piperazine rings is 1. The molecule has 1 fully saturated rings. The van der Waals surface area contributed by atoms with Crippen molar-refractivity contribution in [3.8, 4) is 0 Å². The molecule has 3 rings (SSSR count). The van der Waals surface area contributed by atoms with Gasteiger partial charge in [-0.1, -0.05) is 60.7 Å². The van der Waals surface area contributed by atoms with Crippen LogP contribution in [0, 0.1) is 0 Å². The Bertz CT molecular complexity index is 525. The summed E-state index contributed by atoms with van der Waals surface area (Å²) in [5.74, 6) is 0. The molecule has 0 spiro atoms. The zero-order valence-electron chi connectivity index (χ0n) is 13.6. The van der Waals surface area contributed by atoms with E-state index in [1.54, 1.807) is 0 Å². The summed E-state index contributed by atoms with van der Waals surface area (Å²) in [6.45, 7) is 5.18. The third kappa shape index (κ3) is 4.20.